The van der Waals surface area contributed by atoms with Crippen molar-refractivity contribution in [3.8, 4) is 0 Å². The van der Waals surface area contributed by atoms with Crippen molar-refractivity contribution in [2.24, 2.45) is 0 Å². The lowest BCUT2D eigenvalue weighted by molar-refractivity contribution is -0.359. The Hall–Kier alpha value is -3.35. The third-order valence-electron chi connectivity index (χ3n) is 19.7. The van der Waals surface area contributed by atoms with E-state index in [1.807, 2.05) is 6.08 Å². The summed E-state index contributed by atoms with van der Waals surface area (Å²) >= 11 is 0. The highest BCUT2D eigenvalue weighted by Gasteiger charge is 2.51. The highest BCUT2D eigenvalue weighted by atomic mass is 16.7. The summed E-state index contributed by atoms with van der Waals surface area (Å²) in [5.41, 5.74) is 0. The zero-order valence-electron chi connectivity index (χ0n) is 64.1. The SMILES string of the molecule is CC/C=C\C/C=C\C/C=C\C/C=C\C/C=C\C/C=C\C/C=C\CCCCCCCCCCCCCCCC(=O)NC(COC1OC(CO)C(OC2OC(CO)C(O)C(O)C2O)C(O)C1O)C(O)/C=C/CC/C=C/CCCCCCCCCCCCCCCCCCCCCCCCCCCC. The van der Waals surface area contributed by atoms with Crippen molar-refractivity contribution in [3.63, 3.8) is 0 Å². The Balaban J connectivity index is 1.62. The van der Waals surface area contributed by atoms with Gasteiger partial charge in [-0.25, -0.2) is 0 Å². The lowest BCUT2D eigenvalue weighted by Crippen LogP contribution is -2.65. The molecule has 9 N–H and O–H groups in total. The van der Waals surface area contributed by atoms with Crippen LogP contribution in [-0.4, -0.2) is 140 Å². The monoisotopic (exact) mass is 1420 g/mol. The minimum Gasteiger partial charge on any atom is -0.394 e. The van der Waals surface area contributed by atoms with Gasteiger partial charge in [-0.2, -0.15) is 0 Å². The molecule has 2 heterocycles. The molecule has 584 valence electrons. The summed E-state index contributed by atoms with van der Waals surface area (Å²) in [7, 11) is 0. The van der Waals surface area contributed by atoms with Gasteiger partial charge in [-0.05, 0) is 89.9 Å². The summed E-state index contributed by atoms with van der Waals surface area (Å²) in [5.74, 6) is -0.250. The van der Waals surface area contributed by atoms with Gasteiger partial charge in [0.1, 0.15) is 48.8 Å². The Labute approximate surface area is 616 Å². The molecule has 0 spiro atoms. The molecule has 0 bridgehead atoms. The molecule has 2 rings (SSSR count). The first kappa shape index (κ1) is 93.7. The maximum Gasteiger partial charge on any atom is 0.220 e. The summed E-state index contributed by atoms with van der Waals surface area (Å²) in [5, 5.41) is 87.7. The molecule has 0 aromatic heterocycles. The van der Waals surface area contributed by atoms with E-state index < -0.39 is 86.8 Å². The number of allylic oxidation sites excluding steroid dienone is 17. The lowest BCUT2D eigenvalue weighted by Gasteiger charge is -2.46. The molecule has 0 radical (unpaired) electrons. The third-order valence-corrected chi connectivity index (χ3v) is 19.7. The predicted molar refractivity (Wildman–Crippen MR) is 419 cm³/mol. The van der Waals surface area contributed by atoms with Crippen LogP contribution in [0.15, 0.2) is 109 Å². The van der Waals surface area contributed by atoms with E-state index in [-0.39, 0.29) is 18.9 Å². The van der Waals surface area contributed by atoms with Crippen LogP contribution < -0.4 is 5.32 Å². The second-order valence-electron chi connectivity index (χ2n) is 28.9. The van der Waals surface area contributed by atoms with Gasteiger partial charge in [0.25, 0.3) is 0 Å². The molecule has 0 aromatic rings. The van der Waals surface area contributed by atoms with Crippen molar-refractivity contribution in [2.75, 3.05) is 19.8 Å². The standard InChI is InChI=1S/C87H153NO13/c1-3-5-7-9-11-13-15-17-19-21-23-25-27-29-31-33-35-37-38-39-41-43-45-47-49-51-53-55-57-59-61-63-65-67-69-71-79(92)88-75(74-98-86-84(97)82(95)85(78(73-90)100-86)101-87-83(96)81(94)80(93)77(72-89)99-87)76(91)70-68-66-64-62-60-58-56-54-52-50-48-46-44-42-40-36-34-32-30-28-26-24-22-20-18-16-14-12-10-8-6-4-2/h5,7,11,13,17,19,23,25,29,31,35,37,39,41,60,62,68,70,75-78,80-87,89-91,93-97H,3-4,6,8-10,12,14-16,18,20-22,24,26-28,30,32-34,36,38,40,42-59,61,63-67,69,71-74H2,1-2H3,(H,88,92)/b7-5-,13-11-,19-17-,25-23-,31-29-,37-35-,41-39-,62-60+,70-68+. The zero-order chi connectivity index (χ0) is 73.0. The fraction of sp³-hybridized carbons (Fsp3) is 0.782. The molecule has 2 saturated heterocycles. The number of amides is 1. The smallest absolute Gasteiger partial charge is 0.220 e. The lowest BCUT2D eigenvalue weighted by atomic mass is 9.97. The van der Waals surface area contributed by atoms with Gasteiger partial charge in [-0.15, -0.1) is 0 Å². The Kier molecular flexibility index (Phi) is 64.7. The van der Waals surface area contributed by atoms with Crippen molar-refractivity contribution in [3.05, 3.63) is 109 Å². The fourth-order valence-electron chi connectivity index (χ4n) is 13.2. The Bertz CT molecular complexity index is 2120. The predicted octanol–water partition coefficient (Wildman–Crippen LogP) is 19.4. The first-order valence-electron chi connectivity index (χ1n) is 41.6. The van der Waals surface area contributed by atoms with E-state index in [4.69, 9.17) is 18.9 Å². The minimum atomic E-state index is -1.80. The van der Waals surface area contributed by atoms with E-state index in [0.29, 0.717) is 12.8 Å². The van der Waals surface area contributed by atoms with E-state index in [9.17, 15) is 45.6 Å². The Morgan fingerprint density at radius 3 is 1.09 bits per heavy atom. The summed E-state index contributed by atoms with van der Waals surface area (Å²) in [4.78, 5) is 13.4. The number of carbonyl (C=O) groups excluding carboxylic acids is 1. The molecular formula is C87H153NO13. The molecule has 12 unspecified atom stereocenters. The topological polar surface area (TPSA) is 228 Å². The van der Waals surface area contributed by atoms with Gasteiger partial charge in [-0.1, -0.05) is 354 Å². The van der Waals surface area contributed by atoms with E-state index in [0.717, 1.165) is 83.5 Å². The van der Waals surface area contributed by atoms with Gasteiger partial charge in [0.2, 0.25) is 5.91 Å². The molecule has 0 aliphatic carbocycles. The van der Waals surface area contributed by atoms with Gasteiger partial charge in [-0.3, -0.25) is 4.79 Å². The molecule has 2 fully saturated rings. The average molecular weight is 1420 g/mol. The number of nitrogens with one attached hydrogen (secondary N) is 1. The van der Waals surface area contributed by atoms with Crippen LogP contribution in [0.3, 0.4) is 0 Å². The summed E-state index contributed by atoms with van der Waals surface area (Å²) in [6.07, 6.45) is 84.6. The largest absolute Gasteiger partial charge is 0.394 e. The van der Waals surface area contributed by atoms with Crippen LogP contribution in [-0.2, 0) is 23.7 Å². The van der Waals surface area contributed by atoms with Crippen LogP contribution in [0.25, 0.3) is 0 Å². The Morgan fingerprint density at radius 2 is 0.693 bits per heavy atom. The maximum atomic E-state index is 13.4. The van der Waals surface area contributed by atoms with Gasteiger partial charge in [0.05, 0.1) is 32.0 Å². The van der Waals surface area contributed by atoms with Crippen LogP contribution in [0.4, 0.5) is 0 Å². The number of aliphatic hydroxyl groups excluding tert-OH is 8. The fourth-order valence-corrected chi connectivity index (χ4v) is 13.2. The molecular weight excluding hydrogens is 1270 g/mol. The normalized spacial score (nSPS) is 22.3. The average Bonchev–Trinajstić information content (AvgIpc) is 0.791. The van der Waals surface area contributed by atoms with E-state index in [1.165, 1.54) is 225 Å². The van der Waals surface area contributed by atoms with Crippen LogP contribution in [0.1, 0.15) is 341 Å². The second-order valence-corrected chi connectivity index (χ2v) is 28.9. The second kappa shape index (κ2) is 69.7. The van der Waals surface area contributed by atoms with Crippen molar-refractivity contribution >= 4 is 5.91 Å². The maximum absolute atomic E-state index is 13.4. The molecule has 2 aliphatic rings. The molecule has 12 atom stereocenters. The number of unbranched alkanes of at least 4 members (excludes halogenated alkanes) is 40. The highest BCUT2D eigenvalue weighted by molar-refractivity contribution is 5.76. The van der Waals surface area contributed by atoms with Crippen molar-refractivity contribution in [2.45, 2.75) is 415 Å². The van der Waals surface area contributed by atoms with Gasteiger partial charge < -0.3 is 65.1 Å². The van der Waals surface area contributed by atoms with Gasteiger partial charge in [0, 0.05) is 6.42 Å². The number of rotatable bonds is 69. The summed E-state index contributed by atoms with van der Waals surface area (Å²) in [6, 6.07) is -0.941. The van der Waals surface area contributed by atoms with Crippen LogP contribution in [0.2, 0.25) is 0 Å². The van der Waals surface area contributed by atoms with Crippen LogP contribution >= 0.6 is 0 Å². The van der Waals surface area contributed by atoms with Gasteiger partial charge >= 0.3 is 0 Å². The van der Waals surface area contributed by atoms with Gasteiger partial charge in [0.15, 0.2) is 12.6 Å². The quantitative estimate of drug-likeness (QED) is 0.0204. The first-order chi connectivity index (χ1) is 49.6. The Morgan fingerprint density at radius 1 is 0.366 bits per heavy atom. The van der Waals surface area contributed by atoms with E-state index >= 15 is 0 Å². The molecule has 14 nitrogen and oxygen atoms in total. The minimum absolute atomic E-state index is 0.250. The van der Waals surface area contributed by atoms with Crippen molar-refractivity contribution in [1.29, 1.82) is 0 Å². The van der Waals surface area contributed by atoms with Crippen molar-refractivity contribution in [1.82, 2.24) is 5.32 Å². The first-order valence-corrected chi connectivity index (χ1v) is 41.6. The zero-order valence-corrected chi connectivity index (χ0v) is 64.1. The number of hydrogen-bond donors (Lipinski definition) is 9. The number of aliphatic hydroxyl groups is 8. The molecule has 2 aliphatic heterocycles. The van der Waals surface area contributed by atoms with Crippen LogP contribution in [0, 0.1) is 0 Å². The molecule has 101 heavy (non-hydrogen) atoms. The molecule has 0 aromatic carbocycles. The number of hydrogen-bond acceptors (Lipinski definition) is 13. The highest BCUT2D eigenvalue weighted by Crippen LogP contribution is 2.30. The van der Waals surface area contributed by atoms with Crippen molar-refractivity contribution < 1.29 is 64.6 Å². The third kappa shape index (κ3) is 52.3. The summed E-state index contributed by atoms with van der Waals surface area (Å²) < 4.78 is 22.9. The number of carbonyl (C=O) groups is 1. The number of ether oxygens (including phenoxy) is 4. The summed E-state index contributed by atoms with van der Waals surface area (Å²) in [6.45, 7) is 2.71. The van der Waals surface area contributed by atoms with Crippen LogP contribution in [0.5, 0.6) is 0 Å². The molecule has 14 heteroatoms. The van der Waals surface area contributed by atoms with E-state index in [2.05, 4.69) is 116 Å². The molecule has 0 saturated carbocycles. The molecule has 1 amide bonds. The van der Waals surface area contributed by atoms with E-state index in [1.54, 1.807) is 6.08 Å².